The largest absolute Gasteiger partial charge is 0.375 e. The molecule has 0 unspecified atom stereocenters. The molecular formula is C14H23N3O2. The van der Waals surface area contributed by atoms with Crippen molar-refractivity contribution < 1.29 is 9.53 Å². The van der Waals surface area contributed by atoms with E-state index in [1.165, 1.54) is 7.11 Å². The van der Waals surface area contributed by atoms with Gasteiger partial charge in [0.1, 0.15) is 6.61 Å². The summed E-state index contributed by atoms with van der Waals surface area (Å²) in [7, 11) is 1.53. The summed E-state index contributed by atoms with van der Waals surface area (Å²) in [5.41, 5.74) is 0.975. The molecule has 1 amide bonds. The number of hydrogen-bond acceptors (Lipinski definition) is 4. The number of allylic oxidation sites excluding steroid dienone is 2. The Morgan fingerprint density at radius 1 is 1.26 bits per heavy atom. The van der Waals surface area contributed by atoms with Crippen molar-refractivity contribution in [2.24, 2.45) is 5.41 Å². The lowest BCUT2D eigenvalue weighted by Gasteiger charge is -2.41. The summed E-state index contributed by atoms with van der Waals surface area (Å²) >= 11 is 0. The van der Waals surface area contributed by atoms with Crippen LogP contribution in [-0.4, -0.2) is 55.6 Å². The Hall–Kier alpha value is -1.54. The molecule has 0 aromatic heterocycles. The van der Waals surface area contributed by atoms with Crippen LogP contribution < -0.4 is 0 Å². The topological polar surface area (TPSA) is 56.6 Å². The van der Waals surface area contributed by atoms with Gasteiger partial charge in [0.05, 0.1) is 6.07 Å². The van der Waals surface area contributed by atoms with Gasteiger partial charge in [0.2, 0.25) is 5.91 Å². The smallest absolute Gasteiger partial charge is 0.248 e. The molecule has 1 saturated heterocycles. The Labute approximate surface area is 115 Å². The van der Waals surface area contributed by atoms with Crippen molar-refractivity contribution in [1.29, 1.82) is 5.26 Å². The third-order valence-electron chi connectivity index (χ3n) is 3.21. The minimum Gasteiger partial charge on any atom is -0.375 e. The highest BCUT2D eigenvalue weighted by Gasteiger charge is 2.27. The highest BCUT2D eigenvalue weighted by atomic mass is 16.5. The maximum Gasteiger partial charge on any atom is 0.248 e. The van der Waals surface area contributed by atoms with E-state index in [2.05, 4.69) is 31.7 Å². The zero-order chi connectivity index (χ0) is 14.5. The van der Waals surface area contributed by atoms with E-state index < -0.39 is 0 Å². The van der Waals surface area contributed by atoms with Crippen molar-refractivity contribution >= 4 is 5.91 Å². The lowest BCUT2D eigenvalue weighted by Crippen LogP contribution is -2.50. The van der Waals surface area contributed by atoms with Crippen LogP contribution in [-0.2, 0) is 9.53 Å². The van der Waals surface area contributed by atoms with Crippen LogP contribution >= 0.6 is 0 Å². The molecule has 19 heavy (non-hydrogen) atoms. The summed E-state index contributed by atoms with van der Waals surface area (Å²) in [5.74, 6) is 0.0312. The van der Waals surface area contributed by atoms with Gasteiger partial charge in [-0.25, -0.2) is 0 Å². The second kappa shape index (κ2) is 6.58. The first kappa shape index (κ1) is 15.5. The molecule has 0 aromatic carbocycles. The average molecular weight is 265 g/mol. The Morgan fingerprint density at radius 3 is 2.21 bits per heavy atom. The fourth-order valence-electron chi connectivity index (χ4n) is 2.25. The van der Waals surface area contributed by atoms with E-state index in [0.717, 1.165) is 18.8 Å². The molecule has 1 aliphatic heterocycles. The fourth-order valence-corrected chi connectivity index (χ4v) is 2.25. The quantitative estimate of drug-likeness (QED) is 0.720. The van der Waals surface area contributed by atoms with Gasteiger partial charge >= 0.3 is 0 Å². The highest BCUT2D eigenvalue weighted by molar-refractivity contribution is 5.77. The number of piperazine rings is 1. The predicted molar refractivity (Wildman–Crippen MR) is 73.2 cm³/mol. The lowest BCUT2D eigenvalue weighted by molar-refractivity contribution is -0.136. The number of nitriles is 1. The summed E-state index contributed by atoms with van der Waals surface area (Å²) in [4.78, 5) is 15.7. The van der Waals surface area contributed by atoms with Gasteiger partial charge in [-0.05, 0) is 0 Å². The molecule has 1 heterocycles. The minimum atomic E-state index is -0.0611. The second-order valence-electron chi connectivity index (χ2n) is 5.71. The summed E-state index contributed by atoms with van der Waals surface area (Å²) in [6.07, 6.45) is 1.62. The van der Waals surface area contributed by atoms with Crippen LogP contribution in [0.15, 0.2) is 11.8 Å². The third kappa shape index (κ3) is 4.25. The van der Waals surface area contributed by atoms with E-state index in [-0.39, 0.29) is 17.9 Å². The SMILES string of the molecule is COCC(=O)N1CCN(C(=CC#N)C(C)(C)C)CC1. The number of rotatable bonds is 3. The van der Waals surface area contributed by atoms with E-state index in [1.807, 2.05) is 4.90 Å². The first-order chi connectivity index (χ1) is 8.90. The molecule has 0 atom stereocenters. The summed E-state index contributed by atoms with van der Waals surface area (Å²) in [6, 6.07) is 2.12. The standard InChI is InChI=1S/C14H23N3O2/c1-14(2,3)12(5-6-15)16-7-9-17(10-8-16)13(18)11-19-4/h5H,7-11H2,1-4H3. The van der Waals surface area contributed by atoms with Crippen molar-refractivity contribution in [3.8, 4) is 6.07 Å². The van der Waals surface area contributed by atoms with Crippen molar-refractivity contribution in [2.45, 2.75) is 20.8 Å². The van der Waals surface area contributed by atoms with Gasteiger partial charge in [0.15, 0.2) is 0 Å². The third-order valence-corrected chi connectivity index (χ3v) is 3.21. The van der Waals surface area contributed by atoms with E-state index in [9.17, 15) is 4.79 Å². The Kier molecular flexibility index (Phi) is 5.37. The second-order valence-corrected chi connectivity index (χ2v) is 5.71. The molecule has 1 aliphatic rings. The monoisotopic (exact) mass is 265 g/mol. The molecule has 5 nitrogen and oxygen atoms in total. The number of methoxy groups -OCH3 is 1. The van der Waals surface area contributed by atoms with E-state index in [4.69, 9.17) is 10.00 Å². The summed E-state index contributed by atoms with van der Waals surface area (Å²) < 4.78 is 4.86. The van der Waals surface area contributed by atoms with Crippen LogP contribution in [0.2, 0.25) is 0 Å². The van der Waals surface area contributed by atoms with Gasteiger partial charge in [-0.15, -0.1) is 0 Å². The first-order valence-corrected chi connectivity index (χ1v) is 6.52. The molecule has 5 heteroatoms. The van der Waals surface area contributed by atoms with Crippen molar-refractivity contribution in [1.82, 2.24) is 9.80 Å². The van der Waals surface area contributed by atoms with Crippen LogP contribution in [0.3, 0.4) is 0 Å². The zero-order valence-corrected chi connectivity index (χ0v) is 12.3. The maximum absolute atomic E-state index is 11.7. The van der Waals surface area contributed by atoms with Crippen LogP contribution in [0.25, 0.3) is 0 Å². The van der Waals surface area contributed by atoms with Gasteiger partial charge in [-0.3, -0.25) is 4.79 Å². The number of carbonyl (C=O) groups is 1. The van der Waals surface area contributed by atoms with Crippen molar-refractivity contribution in [2.75, 3.05) is 39.9 Å². The zero-order valence-electron chi connectivity index (χ0n) is 12.3. The van der Waals surface area contributed by atoms with Gasteiger partial charge in [0.25, 0.3) is 0 Å². The van der Waals surface area contributed by atoms with E-state index in [1.54, 1.807) is 6.08 Å². The summed E-state index contributed by atoms with van der Waals surface area (Å²) in [5, 5.41) is 8.91. The molecule has 1 rings (SSSR count). The Balaban J connectivity index is 2.65. The van der Waals surface area contributed by atoms with E-state index >= 15 is 0 Å². The molecule has 0 radical (unpaired) electrons. The molecule has 106 valence electrons. The molecule has 0 N–H and O–H groups in total. The predicted octanol–water partition coefficient (Wildman–Crippen LogP) is 1.23. The van der Waals surface area contributed by atoms with Crippen molar-refractivity contribution in [3.05, 3.63) is 11.8 Å². The summed E-state index contributed by atoms with van der Waals surface area (Å²) in [6.45, 7) is 9.32. The molecule has 0 bridgehead atoms. The normalized spacial score (nSPS) is 17.3. The van der Waals surface area contributed by atoms with Gasteiger partial charge in [-0.1, -0.05) is 20.8 Å². The number of hydrogen-bond donors (Lipinski definition) is 0. The molecule has 0 spiro atoms. The van der Waals surface area contributed by atoms with Gasteiger partial charge in [-0.2, -0.15) is 5.26 Å². The molecule has 0 saturated carbocycles. The van der Waals surface area contributed by atoms with E-state index in [0.29, 0.717) is 13.1 Å². The van der Waals surface area contributed by atoms with Crippen LogP contribution in [0, 0.1) is 16.7 Å². The molecule has 0 aliphatic carbocycles. The molecule has 1 fully saturated rings. The van der Waals surface area contributed by atoms with Crippen LogP contribution in [0.4, 0.5) is 0 Å². The van der Waals surface area contributed by atoms with Crippen LogP contribution in [0.1, 0.15) is 20.8 Å². The van der Waals surface area contributed by atoms with Gasteiger partial charge < -0.3 is 14.5 Å². The number of ether oxygens (including phenoxy) is 1. The number of amides is 1. The number of nitrogens with zero attached hydrogens (tertiary/aromatic N) is 3. The van der Waals surface area contributed by atoms with Crippen molar-refractivity contribution in [3.63, 3.8) is 0 Å². The highest BCUT2D eigenvalue weighted by Crippen LogP contribution is 2.28. The minimum absolute atomic E-state index is 0.0312. The fraction of sp³-hybridized carbons (Fsp3) is 0.714. The maximum atomic E-state index is 11.7. The molecule has 0 aromatic rings. The Morgan fingerprint density at radius 2 is 1.79 bits per heavy atom. The Bertz CT molecular complexity index is 382. The van der Waals surface area contributed by atoms with Gasteiger partial charge in [0, 0.05) is 50.5 Å². The first-order valence-electron chi connectivity index (χ1n) is 6.52. The van der Waals surface area contributed by atoms with Crippen LogP contribution in [0.5, 0.6) is 0 Å². The average Bonchev–Trinajstić information content (AvgIpc) is 2.35. The molecular weight excluding hydrogens is 242 g/mol. The lowest BCUT2D eigenvalue weighted by atomic mass is 9.90. The number of carbonyl (C=O) groups excluding carboxylic acids is 1.